The van der Waals surface area contributed by atoms with Gasteiger partial charge in [0.05, 0.1) is 0 Å². The maximum Gasteiger partial charge on any atom is 0.315 e. The number of rotatable bonds is 3. The van der Waals surface area contributed by atoms with Crippen LogP contribution in [0.3, 0.4) is 0 Å². The predicted octanol–water partition coefficient (Wildman–Crippen LogP) is 1.88. The van der Waals surface area contributed by atoms with Crippen molar-refractivity contribution in [2.45, 2.75) is 45.1 Å². The van der Waals surface area contributed by atoms with Crippen LogP contribution in [0.15, 0.2) is 0 Å². The third-order valence-corrected chi connectivity index (χ3v) is 3.59. The molecule has 3 atom stereocenters. The van der Waals surface area contributed by atoms with Crippen molar-refractivity contribution < 1.29 is 4.79 Å². The van der Waals surface area contributed by atoms with Crippen LogP contribution in [-0.2, 0) is 0 Å². The molecule has 3 nitrogen and oxygen atoms in total. The second kappa shape index (κ2) is 4.20. The molecule has 0 aromatic rings. The average molecular weight is 196 g/mol. The monoisotopic (exact) mass is 196 g/mol. The highest BCUT2D eigenvalue weighted by Gasteiger charge is 2.39. The molecule has 3 heteroatoms. The van der Waals surface area contributed by atoms with Crippen LogP contribution in [-0.4, -0.2) is 18.6 Å². The second-order valence-electron chi connectivity index (χ2n) is 4.68. The van der Waals surface area contributed by atoms with E-state index in [0.717, 1.165) is 24.8 Å². The molecule has 2 amide bonds. The molecule has 80 valence electrons. The highest BCUT2D eigenvalue weighted by Crippen LogP contribution is 2.44. The van der Waals surface area contributed by atoms with Crippen LogP contribution in [0.2, 0.25) is 0 Å². The van der Waals surface area contributed by atoms with Crippen LogP contribution in [0.25, 0.3) is 0 Å². The van der Waals surface area contributed by atoms with E-state index in [1.54, 1.807) is 0 Å². The molecule has 2 aliphatic rings. The Bertz CT molecular complexity index is 217. The molecule has 2 bridgehead atoms. The number of amides is 2. The first-order valence-electron chi connectivity index (χ1n) is 5.84. The molecular formula is C11H20N2O. The van der Waals surface area contributed by atoms with E-state index in [0.29, 0.717) is 6.04 Å². The lowest BCUT2D eigenvalue weighted by Crippen LogP contribution is -2.44. The zero-order valence-electron chi connectivity index (χ0n) is 8.88. The minimum absolute atomic E-state index is 0.0319. The first-order valence-corrected chi connectivity index (χ1v) is 5.84. The molecule has 2 fully saturated rings. The molecule has 2 aliphatic carbocycles. The fourth-order valence-electron chi connectivity index (χ4n) is 2.88. The topological polar surface area (TPSA) is 41.1 Å². The largest absolute Gasteiger partial charge is 0.338 e. The number of nitrogens with one attached hydrogen (secondary N) is 2. The maximum atomic E-state index is 11.4. The van der Waals surface area contributed by atoms with E-state index in [2.05, 4.69) is 17.6 Å². The van der Waals surface area contributed by atoms with Gasteiger partial charge in [-0.3, -0.25) is 0 Å². The lowest BCUT2D eigenvalue weighted by Gasteiger charge is -2.22. The fourth-order valence-corrected chi connectivity index (χ4v) is 2.88. The summed E-state index contributed by atoms with van der Waals surface area (Å²) in [6.45, 7) is 2.85. The molecule has 2 rings (SSSR count). The number of carbonyl (C=O) groups is 1. The van der Waals surface area contributed by atoms with Crippen LogP contribution in [0.4, 0.5) is 4.79 Å². The van der Waals surface area contributed by atoms with Crippen molar-refractivity contribution in [2.75, 3.05) is 6.54 Å². The number of fused-ring (bicyclic) bond motifs is 2. The van der Waals surface area contributed by atoms with Gasteiger partial charge in [0, 0.05) is 12.6 Å². The van der Waals surface area contributed by atoms with E-state index >= 15 is 0 Å². The normalized spacial score (nSPS) is 34.5. The Balaban J connectivity index is 1.73. The Morgan fingerprint density at radius 3 is 2.79 bits per heavy atom. The molecule has 2 saturated carbocycles. The maximum absolute atomic E-state index is 11.4. The first-order chi connectivity index (χ1) is 6.79. The van der Waals surface area contributed by atoms with Crippen LogP contribution in [0.1, 0.15) is 39.0 Å². The molecule has 0 aliphatic heterocycles. The molecule has 0 aromatic carbocycles. The number of carbonyl (C=O) groups excluding carboxylic acids is 1. The van der Waals surface area contributed by atoms with Crippen molar-refractivity contribution in [3.8, 4) is 0 Å². The molecule has 2 N–H and O–H groups in total. The highest BCUT2D eigenvalue weighted by atomic mass is 16.2. The van der Waals surface area contributed by atoms with E-state index < -0.39 is 0 Å². The van der Waals surface area contributed by atoms with Crippen LogP contribution in [0.5, 0.6) is 0 Å². The van der Waals surface area contributed by atoms with E-state index in [1.165, 1.54) is 25.7 Å². The summed E-state index contributed by atoms with van der Waals surface area (Å²) in [6, 6.07) is 0.495. The SMILES string of the molecule is CCCNC(=O)N[C@H]1C[C@H]2CC[C@H]1C2. The van der Waals surface area contributed by atoms with Gasteiger partial charge in [-0.25, -0.2) is 4.79 Å². The van der Waals surface area contributed by atoms with Gasteiger partial charge in [-0.2, -0.15) is 0 Å². The van der Waals surface area contributed by atoms with Crippen molar-refractivity contribution in [2.24, 2.45) is 11.8 Å². The Labute approximate surface area is 85.6 Å². The molecule has 0 heterocycles. The quantitative estimate of drug-likeness (QED) is 0.711. The van der Waals surface area contributed by atoms with Gasteiger partial charge in [0.2, 0.25) is 0 Å². The molecule has 0 saturated heterocycles. The van der Waals surface area contributed by atoms with Gasteiger partial charge in [-0.1, -0.05) is 13.3 Å². The summed E-state index contributed by atoms with van der Waals surface area (Å²) >= 11 is 0. The lowest BCUT2D eigenvalue weighted by molar-refractivity contribution is 0.230. The van der Waals surface area contributed by atoms with Gasteiger partial charge in [0.1, 0.15) is 0 Å². The number of hydrogen-bond acceptors (Lipinski definition) is 1. The van der Waals surface area contributed by atoms with Gasteiger partial charge in [0.15, 0.2) is 0 Å². The van der Waals surface area contributed by atoms with Gasteiger partial charge >= 0.3 is 6.03 Å². The standard InChI is InChI=1S/C11H20N2O/c1-2-5-12-11(14)13-10-7-8-3-4-9(10)6-8/h8-10H,2-7H2,1H3,(H2,12,13,14)/t8-,9-,10-/m0/s1. The fraction of sp³-hybridized carbons (Fsp3) is 0.909. The smallest absolute Gasteiger partial charge is 0.315 e. The number of urea groups is 1. The van der Waals surface area contributed by atoms with Crippen LogP contribution >= 0.6 is 0 Å². The van der Waals surface area contributed by atoms with Gasteiger partial charge in [-0.05, 0) is 37.5 Å². The summed E-state index contributed by atoms with van der Waals surface area (Å²) in [5.74, 6) is 1.67. The average Bonchev–Trinajstić information content (AvgIpc) is 2.76. The lowest BCUT2D eigenvalue weighted by atomic mass is 9.95. The Morgan fingerprint density at radius 1 is 1.36 bits per heavy atom. The first kappa shape index (κ1) is 9.81. The van der Waals surface area contributed by atoms with E-state index in [-0.39, 0.29) is 6.03 Å². The summed E-state index contributed by atoms with van der Waals surface area (Å²) in [5.41, 5.74) is 0. The van der Waals surface area contributed by atoms with Crippen molar-refractivity contribution in [1.82, 2.24) is 10.6 Å². The molecular weight excluding hydrogens is 176 g/mol. The van der Waals surface area contributed by atoms with Gasteiger partial charge in [0.25, 0.3) is 0 Å². The molecule has 0 radical (unpaired) electrons. The minimum atomic E-state index is 0.0319. The van der Waals surface area contributed by atoms with Crippen molar-refractivity contribution in [3.05, 3.63) is 0 Å². The Kier molecular flexibility index (Phi) is 2.94. The zero-order chi connectivity index (χ0) is 9.97. The van der Waals surface area contributed by atoms with Crippen molar-refractivity contribution in [3.63, 3.8) is 0 Å². The van der Waals surface area contributed by atoms with Crippen LogP contribution < -0.4 is 10.6 Å². The van der Waals surface area contributed by atoms with E-state index in [4.69, 9.17) is 0 Å². The highest BCUT2D eigenvalue weighted by molar-refractivity contribution is 5.74. The molecule has 14 heavy (non-hydrogen) atoms. The third-order valence-electron chi connectivity index (χ3n) is 3.59. The summed E-state index contributed by atoms with van der Waals surface area (Å²) in [6.07, 6.45) is 6.27. The summed E-state index contributed by atoms with van der Waals surface area (Å²) in [4.78, 5) is 11.4. The zero-order valence-corrected chi connectivity index (χ0v) is 8.88. The van der Waals surface area contributed by atoms with Gasteiger partial charge < -0.3 is 10.6 Å². The van der Waals surface area contributed by atoms with Crippen molar-refractivity contribution >= 4 is 6.03 Å². The second-order valence-corrected chi connectivity index (χ2v) is 4.68. The van der Waals surface area contributed by atoms with E-state index in [1.807, 2.05) is 0 Å². The summed E-state index contributed by atoms with van der Waals surface area (Å²) < 4.78 is 0. The number of hydrogen-bond donors (Lipinski definition) is 2. The minimum Gasteiger partial charge on any atom is -0.338 e. The summed E-state index contributed by atoms with van der Waals surface area (Å²) in [7, 11) is 0. The van der Waals surface area contributed by atoms with Crippen molar-refractivity contribution in [1.29, 1.82) is 0 Å². The van der Waals surface area contributed by atoms with Gasteiger partial charge in [-0.15, -0.1) is 0 Å². The summed E-state index contributed by atoms with van der Waals surface area (Å²) in [5, 5.41) is 5.96. The van der Waals surface area contributed by atoms with Crippen LogP contribution in [0, 0.1) is 11.8 Å². The molecule has 0 unspecified atom stereocenters. The molecule has 0 spiro atoms. The Hall–Kier alpha value is -0.730. The Morgan fingerprint density at radius 2 is 2.21 bits per heavy atom. The van der Waals surface area contributed by atoms with E-state index in [9.17, 15) is 4.79 Å². The molecule has 0 aromatic heterocycles. The predicted molar refractivity (Wildman–Crippen MR) is 56.1 cm³/mol. The third kappa shape index (κ3) is 2.02.